The molecule has 3 nitrogen and oxygen atoms in total. The van der Waals surface area contributed by atoms with Crippen LogP contribution in [0.25, 0.3) is 22.0 Å². The summed E-state index contributed by atoms with van der Waals surface area (Å²) in [6.07, 6.45) is -4.52. The van der Waals surface area contributed by atoms with Crippen LogP contribution < -0.4 is 0 Å². The number of hydrogen-bond donors (Lipinski definition) is 1. The predicted octanol–water partition coefficient (Wildman–Crippen LogP) is 4.78. The van der Waals surface area contributed by atoms with Crippen LogP contribution in [-0.4, -0.2) is 18.1 Å². The van der Waals surface area contributed by atoms with Crippen LogP contribution in [0.1, 0.15) is 16.1 Å². The molecule has 1 aromatic heterocycles. The van der Waals surface area contributed by atoms with Crippen molar-refractivity contribution in [1.82, 2.24) is 4.98 Å². The first-order chi connectivity index (χ1) is 11.3. The summed E-state index contributed by atoms with van der Waals surface area (Å²) in [6, 6.07) is 8.25. The van der Waals surface area contributed by atoms with Crippen molar-refractivity contribution >= 4 is 16.9 Å². The third kappa shape index (κ3) is 2.73. The number of H-pyrrole nitrogens is 1. The molecule has 0 amide bonds. The zero-order valence-electron chi connectivity index (χ0n) is 12.4. The van der Waals surface area contributed by atoms with E-state index in [4.69, 9.17) is 0 Å². The van der Waals surface area contributed by atoms with Gasteiger partial charge in [-0.05, 0) is 35.9 Å². The Labute approximate surface area is 133 Å². The average molecular weight is 337 g/mol. The number of benzene rings is 2. The van der Waals surface area contributed by atoms with Gasteiger partial charge in [0.15, 0.2) is 0 Å². The van der Waals surface area contributed by atoms with Gasteiger partial charge in [-0.3, -0.25) is 0 Å². The van der Waals surface area contributed by atoms with E-state index in [1.165, 1.54) is 37.4 Å². The molecule has 0 unspecified atom stereocenters. The fraction of sp³-hybridized carbons (Fsp3) is 0.118. The summed E-state index contributed by atoms with van der Waals surface area (Å²) in [7, 11) is 1.17. The van der Waals surface area contributed by atoms with Gasteiger partial charge < -0.3 is 9.72 Å². The minimum atomic E-state index is -4.52. The summed E-state index contributed by atoms with van der Waals surface area (Å²) in [5.74, 6) is -1.21. The minimum Gasteiger partial charge on any atom is -0.464 e. The van der Waals surface area contributed by atoms with Crippen molar-refractivity contribution in [2.45, 2.75) is 6.18 Å². The van der Waals surface area contributed by atoms with Crippen molar-refractivity contribution < 1.29 is 27.1 Å². The van der Waals surface area contributed by atoms with Gasteiger partial charge in [0.25, 0.3) is 0 Å². The number of alkyl halides is 3. The zero-order chi connectivity index (χ0) is 17.5. The van der Waals surface area contributed by atoms with Crippen molar-refractivity contribution in [1.29, 1.82) is 0 Å². The van der Waals surface area contributed by atoms with E-state index in [9.17, 15) is 22.4 Å². The molecule has 1 N–H and O–H groups in total. The molecule has 0 saturated carbocycles. The molecule has 1 heterocycles. The van der Waals surface area contributed by atoms with Crippen LogP contribution in [0, 0.1) is 5.82 Å². The molecule has 0 spiro atoms. The lowest BCUT2D eigenvalue weighted by Crippen LogP contribution is -2.04. The molecule has 7 heteroatoms. The Kier molecular flexibility index (Phi) is 3.79. The van der Waals surface area contributed by atoms with E-state index < -0.39 is 23.5 Å². The number of hydrogen-bond acceptors (Lipinski definition) is 2. The first kappa shape index (κ1) is 16.0. The second-order valence-corrected chi connectivity index (χ2v) is 5.13. The Morgan fingerprint density at radius 1 is 1.08 bits per heavy atom. The van der Waals surface area contributed by atoms with Crippen molar-refractivity contribution in [3.63, 3.8) is 0 Å². The second kappa shape index (κ2) is 5.67. The number of methoxy groups -OCH3 is 1. The summed E-state index contributed by atoms with van der Waals surface area (Å²) in [6.45, 7) is 0. The third-order valence-corrected chi connectivity index (χ3v) is 3.65. The van der Waals surface area contributed by atoms with Crippen LogP contribution in [0.2, 0.25) is 0 Å². The number of aromatic nitrogens is 1. The van der Waals surface area contributed by atoms with Crippen LogP contribution in [-0.2, 0) is 10.9 Å². The second-order valence-electron chi connectivity index (χ2n) is 5.13. The van der Waals surface area contributed by atoms with Crippen LogP contribution in [0.15, 0.2) is 42.5 Å². The van der Waals surface area contributed by atoms with Gasteiger partial charge in [-0.1, -0.05) is 12.1 Å². The Morgan fingerprint density at radius 3 is 2.33 bits per heavy atom. The lowest BCUT2D eigenvalue weighted by Gasteiger charge is -2.07. The smallest absolute Gasteiger partial charge is 0.416 e. The Hall–Kier alpha value is -2.83. The van der Waals surface area contributed by atoms with Crippen LogP contribution in [0.5, 0.6) is 0 Å². The van der Waals surface area contributed by atoms with E-state index in [0.29, 0.717) is 11.1 Å². The van der Waals surface area contributed by atoms with Gasteiger partial charge in [0.2, 0.25) is 0 Å². The molecule has 0 aliphatic carbocycles. The number of nitrogens with one attached hydrogen (secondary N) is 1. The van der Waals surface area contributed by atoms with Gasteiger partial charge in [-0.15, -0.1) is 0 Å². The van der Waals surface area contributed by atoms with Gasteiger partial charge in [-0.25, -0.2) is 9.18 Å². The number of halogens is 4. The molecular formula is C17H11F4NO2. The molecule has 3 aromatic rings. The zero-order valence-corrected chi connectivity index (χ0v) is 12.4. The molecule has 0 fully saturated rings. The summed E-state index contributed by atoms with van der Waals surface area (Å²) in [4.78, 5) is 14.7. The van der Waals surface area contributed by atoms with E-state index in [1.807, 2.05) is 0 Å². The molecule has 0 radical (unpaired) electrons. The Balaban J connectivity index is 2.32. The summed E-state index contributed by atoms with van der Waals surface area (Å²) < 4.78 is 56.8. The highest BCUT2D eigenvalue weighted by molar-refractivity contribution is 6.08. The fourth-order valence-electron chi connectivity index (χ4n) is 2.54. The van der Waals surface area contributed by atoms with Crippen molar-refractivity contribution in [2.75, 3.05) is 7.11 Å². The van der Waals surface area contributed by atoms with E-state index in [2.05, 4.69) is 9.72 Å². The van der Waals surface area contributed by atoms with Crippen molar-refractivity contribution in [3.8, 4) is 11.1 Å². The number of carbonyl (C=O) groups is 1. The van der Waals surface area contributed by atoms with Crippen molar-refractivity contribution in [3.05, 3.63) is 59.5 Å². The monoisotopic (exact) mass is 337 g/mol. The van der Waals surface area contributed by atoms with Crippen LogP contribution >= 0.6 is 0 Å². The summed E-state index contributed by atoms with van der Waals surface area (Å²) >= 11 is 0. The maximum atomic E-state index is 13.1. The van der Waals surface area contributed by atoms with E-state index in [0.717, 1.165) is 12.1 Å². The topological polar surface area (TPSA) is 42.1 Å². The standard InChI is InChI=1S/C17H11F4NO2/c1-24-16(23)15-14(9-2-5-11(18)6-3-9)12-8-10(17(19,20)21)4-7-13(12)22-15/h2-8,22H,1H3. The quantitative estimate of drug-likeness (QED) is 0.540. The molecule has 0 aliphatic heterocycles. The minimum absolute atomic E-state index is 0.0124. The van der Waals surface area contributed by atoms with Gasteiger partial charge >= 0.3 is 12.1 Å². The molecular weight excluding hydrogens is 326 g/mol. The van der Waals surface area contributed by atoms with Gasteiger partial charge in [0.05, 0.1) is 12.7 Å². The lowest BCUT2D eigenvalue weighted by molar-refractivity contribution is -0.137. The number of fused-ring (bicyclic) bond motifs is 1. The third-order valence-electron chi connectivity index (χ3n) is 3.65. The molecule has 0 saturated heterocycles. The summed E-state index contributed by atoms with van der Waals surface area (Å²) in [5, 5.41) is 0.205. The van der Waals surface area contributed by atoms with Crippen LogP contribution in [0.4, 0.5) is 17.6 Å². The molecule has 0 bridgehead atoms. The Morgan fingerprint density at radius 2 is 1.75 bits per heavy atom. The van der Waals surface area contributed by atoms with Gasteiger partial charge in [0.1, 0.15) is 11.5 Å². The Bertz CT molecular complexity index is 911. The maximum Gasteiger partial charge on any atom is 0.416 e. The fourth-order valence-corrected chi connectivity index (χ4v) is 2.54. The SMILES string of the molecule is COC(=O)c1[nH]c2ccc(C(F)(F)F)cc2c1-c1ccc(F)cc1. The molecule has 3 rings (SSSR count). The lowest BCUT2D eigenvalue weighted by atomic mass is 10.0. The first-order valence-electron chi connectivity index (χ1n) is 6.88. The summed E-state index contributed by atoms with van der Waals surface area (Å²) in [5.41, 5.74) is 0.167. The number of aromatic amines is 1. The molecule has 2 aromatic carbocycles. The van der Waals surface area contributed by atoms with Crippen LogP contribution in [0.3, 0.4) is 0 Å². The highest BCUT2D eigenvalue weighted by atomic mass is 19.4. The number of rotatable bonds is 2. The first-order valence-corrected chi connectivity index (χ1v) is 6.88. The van der Waals surface area contributed by atoms with Gasteiger partial charge in [0, 0.05) is 16.5 Å². The largest absolute Gasteiger partial charge is 0.464 e. The normalized spacial score (nSPS) is 11.7. The number of carbonyl (C=O) groups excluding carboxylic acids is 1. The highest BCUT2D eigenvalue weighted by Gasteiger charge is 2.31. The van der Waals surface area contributed by atoms with Crippen molar-refractivity contribution in [2.24, 2.45) is 0 Å². The highest BCUT2D eigenvalue weighted by Crippen LogP contribution is 2.37. The van der Waals surface area contributed by atoms with E-state index in [1.54, 1.807) is 0 Å². The molecule has 0 aliphatic rings. The number of ether oxygens (including phenoxy) is 1. The van der Waals surface area contributed by atoms with E-state index >= 15 is 0 Å². The molecule has 124 valence electrons. The average Bonchev–Trinajstić information content (AvgIpc) is 2.92. The predicted molar refractivity (Wildman–Crippen MR) is 80.0 cm³/mol. The van der Waals surface area contributed by atoms with Gasteiger partial charge in [-0.2, -0.15) is 13.2 Å². The molecule has 24 heavy (non-hydrogen) atoms. The number of esters is 1. The van der Waals surface area contributed by atoms with E-state index in [-0.39, 0.29) is 16.6 Å². The molecule has 0 atom stereocenters. The maximum absolute atomic E-state index is 13.1.